The van der Waals surface area contributed by atoms with Crippen molar-refractivity contribution in [3.05, 3.63) is 29.3 Å². The van der Waals surface area contributed by atoms with E-state index in [2.05, 4.69) is 20.8 Å². The summed E-state index contributed by atoms with van der Waals surface area (Å²) in [6.45, 7) is 9.02. The van der Waals surface area contributed by atoms with Crippen LogP contribution >= 0.6 is 0 Å². The number of carbonyl (C=O) groups excluding carboxylic acids is 1. The van der Waals surface area contributed by atoms with E-state index < -0.39 is 0 Å². The predicted molar refractivity (Wildman–Crippen MR) is 81.3 cm³/mol. The Kier molecular flexibility index (Phi) is 5.87. The molecule has 19 heavy (non-hydrogen) atoms. The largest absolute Gasteiger partial charge is 0.398 e. The highest BCUT2D eigenvalue weighted by Gasteiger charge is 2.20. The van der Waals surface area contributed by atoms with Crippen molar-refractivity contribution in [2.75, 3.05) is 12.3 Å². The number of nitrogen functional groups attached to an aromatic ring is 1. The number of rotatable bonds is 6. The van der Waals surface area contributed by atoms with E-state index in [0.717, 1.165) is 36.9 Å². The molecule has 1 aromatic rings. The normalized spacial score (nSPS) is 10.8. The van der Waals surface area contributed by atoms with E-state index in [0.29, 0.717) is 5.69 Å². The van der Waals surface area contributed by atoms with E-state index in [9.17, 15) is 4.79 Å². The maximum atomic E-state index is 12.6. The third-order valence-corrected chi connectivity index (χ3v) is 3.49. The molecule has 1 amide bonds. The third kappa shape index (κ3) is 3.98. The standard InChI is InChI=1S/C16H26N2O/c1-5-6-7-11-18(12(2)3)16(19)14-9-8-10-15(17)13(14)4/h8-10,12H,5-7,11,17H2,1-4H3. The SMILES string of the molecule is CCCCCN(C(=O)c1cccc(N)c1C)C(C)C. The van der Waals surface area contributed by atoms with Gasteiger partial charge >= 0.3 is 0 Å². The summed E-state index contributed by atoms with van der Waals surface area (Å²) < 4.78 is 0. The van der Waals surface area contributed by atoms with Crippen LogP contribution in [0.2, 0.25) is 0 Å². The highest BCUT2D eigenvalue weighted by atomic mass is 16.2. The molecule has 0 aliphatic rings. The van der Waals surface area contributed by atoms with Crippen LogP contribution in [0.4, 0.5) is 5.69 Å². The zero-order valence-corrected chi connectivity index (χ0v) is 12.6. The molecule has 1 aromatic carbocycles. The molecule has 0 fully saturated rings. The van der Waals surface area contributed by atoms with Gasteiger partial charge in [-0.2, -0.15) is 0 Å². The van der Waals surface area contributed by atoms with Crippen LogP contribution in [-0.4, -0.2) is 23.4 Å². The lowest BCUT2D eigenvalue weighted by atomic mass is 10.0. The minimum Gasteiger partial charge on any atom is -0.398 e. The molecule has 2 N–H and O–H groups in total. The van der Waals surface area contributed by atoms with E-state index in [1.165, 1.54) is 0 Å². The number of amides is 1. The first kappa shape index (κ1) is 15.5. The van der Waals surface area contributed by atoms with Crippen molar-refractivity contribution in [1.82, 2.24) is 4.90 Å². The molecule has 0 spiro atoms. The summed E-state index contributed by atoms with van der Waals surface area (Å²) in [4.78, 5) is 14.6. The van der Waals surface area contributed by atoms with Crippen LogP contribution in [0.1, 0.15) is 56.0 Å². The minimum atomic E-state index is 0.0934. The molecule has 0 radical (unpaired) electrons. The molecule has 0 unspecified atom stereocenters. The second-order valence-corrected chi connectivity index (χ2v) is 5.32. The number of nitrogens with two attached hydrogens (primary N) is 1. The highest BCUT2D eigenvalue weighted by Crippen LogP contribution is 2.19. The maximum absolute atomic E-state index is 12.6. The number of nitrogens with zero attached hydrogens (tertiary/aromatic N) is 1. The second-order valence-electron chi connectivity index (χ2n) is 5.32. The number of hydrogen-bond donors (Lipinski definition) is 1. The van der Waals surface area contributed by atoms with Gasteiger partial charge in [-0.3, -0.25) is 4.79 Å². The Morgan fingerprint density at radius 1 is 1.32 bits per heavy atom. The van der Waals surface area contributed by atoms with Gasteiger partial charge in [0, 0.05) is 23.8 Å². The summed E-state index contributed by atoms with van der Waals surface area (Å²) in [7, 11) is 0. The van der Waals surface area contributed by atoms with E-state index >= 15 is 0 Å². The average molecular weight is 262 g/mol. The fourth-order valence-corrected chi connectivity index (χ4v) is 2.17. The molecule has 1 rings (SSSR count). The van der Waals surface area contributed by atoms with Crippen LogP contribution in [0.25, 0.3) is 0 Å². The molecule has 0 aliphatic carbocycles. The Labute approximate surface area is 116 Å². The van der Waals surface area contributed by atoms with Crippen LogP contribution in [-0.2, 0) is 0 Å². The van der Waals surface area contributed by atoms with Crippen molar-refractivity contribution < 1.29 is 4.79 Å². The zero-order chi connectivity index (χ0) is 14.4. The van der Waals surface area contributed by atoms with Crippen molar-refractivity contribution in [3.63, 3.8) is 0 Å². The first-order chi connectivity index (χ1) is 8.99. The fraction of sp³-hybridized carbons (Fsp3) is 0.562. The maximum Gasteiger partial charge on any atom is 0.254 e. The first-order valence-electron chi connectivity index (χ1n) is 7.15. The molecule has 0 heterocycles. The third-order valence-electron chi connectivity index (χ3n) is 3.49. The fourth-order valence-electron chi connectivity index (χ4n) is 2.17. The molecular formula is C16H26N2O. The molecule has 0 saturated carbocycles. The van der Waals surface area contributed by atoms with E-state index in [1.807, 2.05) is 30.0 Å². The Balaban J connectivity index is 2.90. The van der Waals surface area contributed by atoms with Gasteiger partial charge in [-0.15, -0.1) is 0 Å². The lowest BCUT2D eigenvalue weighted by Crippen LogP contribution is -2.38. The summed E-state index contributed by atoms with van der Waals surface area (Å²) in [5, 5.41) is 0. The summed E-state index contributed by atoms with van der Waals surface area (Å²) in [6, 6.07) is 5.76. The van der Waals surface area contributed by atoms with Gasteiger partial charge in [0.2, 0.25) is 0 Å². The van der Waals surface area contributed by atoms with Gasteiger partial charge in [-0.25, -0.2) is 0 Å². The van der Waals surface area contributed by atoms with Crippen molar-refractivity contribution in [3.8, 4) is 0 Å². The number of carbonyl (C=O) groups is 1. The molecule has 3 nitrogen and oxygen atoms in total. The summed E-state index contributed by atoms with van der Waals surface area (Å²) in [6.07, 6.45) is 3.38. The Morgan fingerprint density at radius 2 is 2.00 bits per heavy atom. The van der Waals surface area contributed by atoms with Crippen LogP contribution in [0.15, 0.2) is 18.2 Å². The number of hydrogen-bond acceptors (Lipinski definition) is 2. The molecule has 106 valence electrons. The lowest BCUT2D eigenvalue weighted by molar-refractivity contribution is 0.0701. The minimum absolute atomic E-state index is 0.0934. The van der Waals surface area contributed by atoms with Gasteiger partial charge < -0.3 is 10.6 Å². The van der Waals surface area contributed by atoms with E-state index in [1.54, 1.807) is 0 Å². The number of unbranched alkanes of at least 4 members (excludes halogenated alkanes) is 2. The second kappa shape index (κ2) is 7.17. The number of benzene rings is 1. The summed E-state index contributed by atoms with van der Waals surface area (Å²) in [5.74, 6) is 0.0934. The van der Waals surface area contributed by atoms with Crippen molar-refractivity contribution >= 4 is 11.6 Å². The van der Waals surface area contributed by atoms with Crippen molar-refractivity contribution in [1.29, 1.82) is 0 Å². The quantitative estimate of drug-likeness (QED) is 0.628. The molecule has 0 aromatic heterocycles. The van der Waals surface area contributed by atoms with E-state index in [4.69, 9.17) is 5.73 Å². The molecule has 0 bridgehead atoms. The molecule has 0 atom stereocenters. The summed E-state index contributed by atoms with van der Waals surface area (Å²) in [5.41, 5.74) is 8.18. The molecular weight excluding hydrogens is 236 g/mol. The van der Waals surface area contributed by atoms with Crippen molar-refractivity contribution in [2.45, 2.75) is 53.0 Å². The van der Waals surface area contributed by atoms with Gasteiger partial charge in [0.05, 0.1) is 0 Å². The number of anilines is 1. The molecule has 0 aliphatic heterocycles. The van der Waals surface area contributed by atoms with Gasteiger partial charge in [0.25, 0.3) is 5.91 Å². The van der Waals surface area contributed by atoms with E-state index in [-0.39, 0.29) is 11.9 Å². The lowest BCUT2D eigenvalue weighted by Gasteiger charge is -2.27. The molecule has 0 saturated heterocycles. The van der Waals surface area contributed by atoms with Crippen molar-refractivity contribution in [2.24, 2.45) is 0 Å². The van der Waals surface area contributed by atoms with Crippen LogP contribution < -0.4 is 5.73 Å². The van der Waals surface area contributed by atoms with Gasteiger partial charge in [0.1, 0.15) is 0 Å². The molecule has 3 heteroatoms. The smallest absolute Gasteiger partial charge is 0.254 e. The Morgan fingerprint density at radius 3 is 2.58 bits per heavy atom. The van der Waals surface area contributed by atoms with Gasteiger partial charge in [0.15, 0.2) is 0 Å². The Hall–Kier alpha value is -1.51. The monoisotopic (exact) mass is 262 g/mol. The van der Waals surface area contributed by atoms with Gasteiger partial charge in [-0.05, 0) is 44.9 Å². The van der Waals surface area contributed by atoms with Crippen LogP contribution in [0.5, 0.6) is 0 Å². The topological polar surface area (TPSA) is 46.3 Å². The highest BCUT2D eigenvalue weighted by molar-refractivity contribution is 5.97. The predicted octanol–water partition coefficient (Wildman–Crippen LogP) is 3.62. The first-order valence-corrected chi connectivity index (χ1v) is 7.15. The Bertz CT molecular complexity index is 427. The van der Waals surface area contributed by atoms with Gasteiger partial charge in [-0.1, -0.05) is 25.8 Å². The zero-order valence-electron chi connectivity index (χ0n) is 12.6. The van der Waals surface area contributed by atoms with Crippen LogP contribution in [0, 0.1) is 6.92 Å². The van der Waals surface area contributed by atoms with Crippen LogP contribution in [0.3, 0.4) is 0 Å². The summed E-state index contributed by atoms with van der Waals surface area (Å²) >= 11 is 0. The average Bonchev–Trinajstić information content (AvgIpc) is 2.37.